The average molecular weight is 216 g/mol. The van der Waals surface area contributed by atoms with Crippen LogP contribution in [0.1, 0.15) is 19.6 Å². The highest BCUT2D eigenvalue weighted by Crippen LogP contribution is 2.33. The van der Waals surface area contributed by atoms with Crippen LogP contribution < -0.4 is 0 Å². The van der Waals surface area contributed by atoms with Crippen LogP contribution in [0.3, 0.4) is 0 Å². The summed E-state index contributed by atoms with van der Waals surface area (Å²) in [5.41, 5.74) is 0.946. The summed E-state index contributed by atoms with van der Waals surface area (Å²) in [6.45, 7) is 1.92. The van der Waals surface area contributed by atoms with Crippen LogP contribution in [-0.4, -0.2) is 15.4 Å². The fraction of sp³-hybridized carbons (Fsp3) is 0.250. The molecule has 0 saturated heterocycles. The molecule has 2 aromatic rings. The van der Waals surface area contributed by atoms with Crippen LogP contribution in [0.5, 0.6) is 5.88 Å². The number of oxime groups is 1. The normalized spacial score (nSPS) is 19.8. The number of hydrogen-bond acceptors (Lipinski definition) is 3. The molecule has 0 aliphatic carbocycles. The lowest BCUT2D eigenvalue weighted by Crippen LogP contribution is -2.06. The van der Waals surface area contributed by atoms with Crippen molar-refractivity contribution in [1.29, 1.82) is 0 Å². The molecule has 1 aromatic carbocycles. The van der Waals surface area contributed by atoms with Crippen LogP contribution in [0.15, 0.2) is 35.6 Å². The van der Waals surface area contributed by atoms with Gasteiger partial charge in [0.15, 0.2) is 0 Å². The molecule has 1 unspecified atom stereocenters. The van der Waals surface area contributed by atoms with Crippen molar-refractivity contribution in [2.45, 2.75) is 19.6 Å². The highest BCUT2D eigenvalue weighted by atomic mass is 16.7. The van der Waals surface area contributed by atoms with Gasteiger partial charge < -0.3 is 9.94 Å². The number of benzene rings is 1. The molecule has 0 radical (unpaired) electrons. The van der Waals surface area contributed by atoms with Crippen LogP contribution >= 0.6 is 0 Å². The zero-order valence-corrected chi connectivity index (χ0v) is 8.92. The van der Waals surface area contributed by atoms with Crippen LogP contribution in [0, 0.1) is 0 Å². The van der Waals surface area contributed by atoms with Crippen molar-refractivity contribution in [2.75, 3.05) is 0 Å². The van der Waals surface area contributed by atoms with Crippen molar-refractivity contribution < 1.29 is 9.94 Å². The number of aromatic nitrogens is 1. The van der Waals surface area contributed by atoms with Gasteiger partial charge in [0.25, 0.3) is 0 Å². The number of hydrogen-bond donors (Lipinski definition) is 1. The van der Waals surface area contributed by atoms with Gasteiger partial charge in [0.2, 0.25) is 12.1 Å². The molecule has 1 atom stereocenters. The van der Waals surface area contributed by atoms with Crippen molar-refractivity contribution in [1.82, 2.24) is 4.57 Å². The Bertz CT molecular complexity index is 571. The van der Waals surface area contributed by atoms with Gasteiger partial charge in [-0.15, -0.1) is 0 Å². The van der Waals surface area contributed by atoms with E-state index in [0.29, 0.717) is 6.42 Å². The van der Waals surface area contributed by atoms with E-state index in [0.717, 1.165) is 16.5 Å². The fourth-order valence-electron chi connectivity index (χ4n) is 2.01. The maximum Gasteiger partial charge on any atom is 0.211 e. The number of aromatic hydroxyl groups is 1. The van der Waals surface area contributed by atoms with E-state index in [1.54, 1.807) is 4.57 Å². The summed E-state index contributed by atoms with van der Waals surface area (Å²) in [6.07, 6.45) is 2.39. The molecule has 82 valence electrons. The molecule has 0 bridgehead atoms. The molecule has 0 saturated carbocycles. The number of fused-ring (bicyclic) bond motifs is 1. The van der Waals surface area contributed by atoms with E-state index < -0.39 is 0 Å². The Morgan fingerprint density at radius 3 is 2.94 bits per heavy atom. The van der Waals surface area contributed by atoms with Gasteiger partial charge in [0.1, 0.15) is 0 Å². The lowest BCUT2D eigenvalue weighted by molar-refractivity contribution is 0.0280. The third-order valence-corrected chi connectivity index (χ3v) is 2.83. The van der Waals surface area contributed by atoms with Crippen LogP contribution in [0.4, 0.5) is 0 Å². The molecule has 2 heterocycles. The molecule has 3 rings (SSSR count). The first-order chi connectivity index (χ1) is 7.75. The summed E-state index contributed by atoms with van der Waals surface area (Å²) in [5.74, 6) is 0.241. The topological polar surface area (TPSA) is 46.8 Å². The van der Waals surface area contributed by atoms with Gasteiger partial charge in [-0.05, 0) is 13.0 Å². The van der Waals surface area contributed by atoms with E-state index in [1.165, 1.54) is 0 Å². The second-order valence-corrected chi connectivity index (χ2v) is 4.04. The van der Waals surface area contributed by atoms with Gasteiger partial charge in [-0.1, -0.05) is 23.4 Å². The van der Waals surface area contributed by atoms with Gasteiger partial charge in [0, 0.05) is 23.4 Å². The summed E-state index contributed by atoms with van der Waals surface area (Å²) in [5, 5.41) is 15.8. The Kier molecular flexibility index (Phi) is 1.89. The first-order valence-electron chi connectivity index (χ1n) is 5.23. The summed E-state index contributed by atoms with van der Waals surface area (Å²) in [7, 11) is 0. The van der Waals surface area contributed by atoms with Gasteiger partial charge in [0.05, 0.1) is 5.71 Å². The molecular weight excluding hydrogens is 204 g/mol. The van der Waals surface area contributed by atoms with Crippen LogP contribution in [-0.2, 0) is 4.84 Å². The quantitative estimate of drug-likeness (QED) is 0.796. The first kappa shape index (κ1) is 9.27. The lowest BCUT2D eigenvalue weighted by Gasteiger charge is -2.10. The molecule has 0 spiro atoms. The Morgan fingerprint density at radius 2 is 2.25 bits per heavy atom. The van der Waals surface area contributed by atoms with Crippen molar-refractivity contribution >= 4 is 16.5 Å². The number of nitrogens with zero attached hydrogens (tertiary/aromatic N) is 2. The minimum Gasteiger partial charge on any atom is -0.494 e. The Balaban J connectivity index is 2.08. The van der Waals surface area contributed by atoms with Gasteiger partial charge in [-0.2, -0.15) is 0 Å². The molecular formula is C12H12N2O2. The van der Waals surface area contributed by atoms with E-state index in [-0.39, 0.29) is 12.1 Å². The molecule has 4 nitrogen and oxygen atoms in total. The van der Waals surface area contributed by atoms with Crippen molar-refractivity contribution in [2.24, 2.45) is 5.16 Å². The average Bonchev–Trinajstić information content (AvgIpc) is 2.84. The fourth-order valence-corrected chi connectivity index (χ4v) is 2.01. The van der Waals surface area contributed by atoms with E-state index in [9.17, 15) is 5.11 Å². The minimum absolute atomic E-state index is 0.215. The monoisotopic (exact) mass is 216 g/mol. The zero-order chi connectivity index (χ0) is 11.1. The maximum absolute atomic E-state index is 10.1. The maximum atomic E-state index is 10.1. The van der Waals surface area contributed by atoms with Crippen molar-refractivity contribution in [3.63, 3.8) is 0 Å². The SMILES string of the molecule is CC1=NOC(n2cc3ccccc3c2O)C1. The van der Waals surface area contributed by atoms with Gasteiger partial charge in [-0.25, -0.2) is 0 Å². The lowest BCUT2D eigenvalue weighted by atomic mass is 10.2. The Hall–Kier alpha value is -1.97. The van der Waals surface area contributed by atoms with E-state index in [1.807, 2.05) is 37.4 Å². The smallest absolute Gasteiger partial charge is 0.211 e. The molecule has 16 heavy (non-hydrogen) atoms. The zero-order valence-electron chi connectivity index (χ0n) is 8.92. The molecule has 4 heteroatoms. The first-order valence-corrected chi connectivity index (χ1v) is 5.23. The van der Waals surface area contributed by atoms with E-state index >= 15 is 0 Å². The standard InChI is InChI=1S/C12H12N2O2/c1-8-6-11(16-13-8)14-7-9-4-2-3-5-10(9)12(14)15/h2-5,7,11,15H,6H2,1H3. The Morgan fingerprint density at radius 1 is 1.44 bits per heavy atom. The molecule has 1 aromatic heterocycles. The minimum atomic E-state index is -0.215. The van der Waals surface area contributed by atoms with Gasteiger partial charge in [-0.3, -0.25) is 4.57 Å². The molecule has 0 amide bonds. The number of rotatable bonds is 1. The summed E-state index contributed by atoms with van der Waals surface area (Å²) >= 11 is 0. The van der Waals surface area contributed by atoms with Crippen molar-refractivity contribution in [3.05, 3.63) is 30.5 Å². The predicted molar refractivity (Wildman–Crippen MR) is 61.5 cm³/mol. The van der Waals surface area contributed by atoms with Crippen LogP contribution in [0.2, 0.25) is 0 Å². The Labute approximate surface area is 92.7 Å². The predicted octanol–water partition coefficient (Wildman–Crippen LogP) is 2.64. The second-order valence-electron chi connectivity index (χ2n) is 4.04. The van der Waals surface area contributed by atoms with E-state index in [2.05, 4.69) is 5.16 Å². The molecule has 1 N–H and O–H groups in total. The molecule has 1 aliphatic rings. The second kappa shape index (κ2) is 3.27. The summed E-state index contributed by atoms with van der Waals surface area (Å²) in [4.78, 5) is 5.25. The summed E-state index contributed by atoms with van der Waals surface area (Å²) in [6, 6.07) is 7.71. The molecule has 0 fully saturated rings. The van der Waals surface area contributed by atoms with Crippen molar-refractivity contribution in [3.8, 4) is 5.88 Å². The highest BCUT2D eigenvalue weighted by molar-refractivity contribution is 5.88. The highest BCUT2D eigenvalue weighted by Gasteiger charge is 2.23. The van der Waals surface area contributed by atoms with E-state index in [4.69, 9.17) is 4.84 Å². The third-order valence-electron chi connectivity index (χ3n) is 2.83. The van der Waals surface area contributed by atoms with Gasteiger partial charge >= 0.3 is 0 Å². The third kappa shape index (κ3) is 1.26. The largest absolute Gasteiger partial charge is 0.494 e. The molecule has 1 aliphatic heterocycles. The summed E-state index contributed by atoms with van der Waals surface area (Å²) < 4.78 is 1.73. The van der Waals surface area contributed by atoms with Crippen LogP contribution in [0.25, 0.3) is 10.8 Å².